The lowest BCUT2D eigenvalue weighted by atomic mass is 10.0. The average molecular weight is 948 g/mol. The molecule has 67 heavy (non-hydrogen) atoms. The lowest BCUT2D eigenvalue weighted by molar-refractivity contribution is -0.167. The number of rotatable bonds is 57. The van der Waals surface area contributed by atoms with E-state index in [0.717, 1.165) is 57.8 Å². The zero-order chi connectivity index (χ0) is 48.6. The molecule has 0 radical (unpaired) electrons. The van der Waals surface area contributed by atoms with Gasteiger partial charge in [-0.15, -0.1) is 0 Å². The molecular weight excluding hydrogens is 829 g/mol. The largest absolute Gasteiger partial charge is 0.462 e. The number of hydrogen-bond donors (Lipinski definition) is 0. The molecule has 0 amide bonds. The van der Waals surface area contributed by atoms with Gasteiger partial charge in [0.1, 0.15) is 13.2 Å². The van der Waals surface area contributed by atoms with Gasteiger partial charge in [0, 0.05) is 19.3 Å². The van der Waals surface area contributed by atoms with Gasteiger partial charge in [-0.3, -0.25) is 14.4 Å². The standard InChI is InChI=1S/C61H118O6/c1-4-7-10-13-16-19-22-25-28-30-32-33-36-39-42-45-48-51-54-60(63)66-57-58(56-65-59(62)53-50-47-44-41-38-35-27-24-21-18-15-12-9-6-3)67-61(64)55-52-49-46-43-40-37-34-31-29-26-23-20-17-14-11-8-5-2/h58H,4-57H2,1-3H3/t58-/m0/s1. The van der Waals surface area contributed by atoms with Crippen molar-refractivity contribution in [1.29, 1.82) is 0 Å². The molecule has 0 bridgehead atoms. The summed E-state index contributed by atoms with van der Waals surface area (Å²) in [7, 11) is 0. The fourth-order valence-electron chi connectivity index (χ4n) is 9.51. The van der Waals surface area contributed by atoms with Crippen molar-refractivity contribution in [3.63, 3.8) is 0 Å². The fraction of sp³-hybridized carbons (Fsp3) is 0.951. The van der Waals surface area contributed by atoms with Crippen LogP contribution in [-0.2, 0) is 28.6 Å². The summed E-state index contributed by atoms with van der Waals surface area (Å²) in [4.78, 5) is 38.2. The zero-order valence-corrected chi connectivity index (χ0v) is 45.7. The summed E-state index contributed by atoms with van der Waals surface area (Å²) in [5.41, 5.74) is 0. The Kier molecular flexibility index (Phi) is 55.6. The van der Waals surface area contributed by atoms with Gasteiger partial charge in [-0.25, -0.2) is 0 Å². The maximum Gasteiger partial charge on any atom is 0.306 e. The Morgan fingerprint density at radius 2 is 0.403 bits per heavy atom. The Bertz CT molecular complexity index is 998. The number of unbranched alkanes of at least 4 members (excludes halogenated alkanes) is 46. The molecule has 0 aliphatic carbocycles. The van der Waals surface area contributed by atoms with Crippen molar-refractivity contribution in [3.8, 4) is 0 Å². The monoisotopic (exact) mass is 947 g/mol. The van der Waals surface area contributed by atoms with Gasteiger partial charge in [0.2, 0.25) is 0 Å². The van der Waals surface area contributed by atoms with Crippen molar-refractivity contribution in [2.45, 2.75) is 361 Å². The Morgan fingerprint density at radius 3 is 0.597 bits per heavy atom. The minimum Gasteiger partial charge on any atom is -0.462 e. The molecule has 0 aromatic heterocycles. The fourth-order valence-corrected chi connectivity index (χ4v) is 9.51. The van der Waals surface area contributed by atoms with Crippen LogP contribution in [-0.4, -0.2) is 37.2 Å². The molecule has 0 aromatic rings. The third kappa shape index (κ3) is 55.2. The first-order valence-electron chi connectivity index (χ1n) is 30.5. The molecular formula is C61H118O6. The highest BCUT2D eigenvalue weighted by atomic mass is 16.6. The molecule has 6 nitrogen and oxygen atoms in total. The summed E-state index contributed by atoms with van der Waals surface area (Å²) in [6.07, 6.45) is 63.8. The van der Waals surface area contributed by atoms with E-state index in [4.69, 9.17) is 14.2 Å². The van der Waals surface area contributed by atoms with Gasteiger partial charge in [-0.1, -0.05) is 316 Å². The highest BCUT2D eigenvalue weighted by Crippen LogP contribution is 2.18. The molecule has 1 atom stereocenters. The molecule has 0 N–H and O–H groups in total. The average Bonchev–Trinajstić information content (AvgIpc) is 3.33. The number of hydrogen-bond acceptors (Lipinski definition) is 6. The van der Waals surface area contributed by atoms with Crippen molar-refractivity contribution in [2.75, 3.05) is 13.2 Å². The van der Waals surface area contributed by atoms with Crippen LogP contribution in [0.15, 0.2) is 0 Å². The summed E-state index contributed by atoms with van der Waals surface area (Å²) < 4.78 is 16.9. The van der Waals surface area contributed by atoms with E-state index >= 15 is 0 Å². The van der Waals surface area contributed by atoms with Crippen LogP contribution in [0.1, 0.15) is 355 Å². The summed E-state index contributed by atoms with van der Waals surface area (Å²) in [5, 5.41) is 0. The zero-order valence-electron chi connectivity index (χ0n) is 45.7. The quantitative estimate of drug-likeness (QED) is 0.0343. The summed E-state index contributed by atoms with van der Waals surface area (Å²) in [6, 6.07) is 0. The molecule has 0 saturated carbocycles. The van der Waals surface area contributed by atoms with Crippen molar-refractivity contribution >= 4 is 17.9 Å². The first kappa shape index (κ1) is 65.4. The van der Waals surface area contributed by atoms with Gasteiger partial charge >= 0.3 is 17.9 Å². The van der Waals surface area contributed by atoms with Crippen LogP contribution in [0.3, 0.4) is 0 Å². The van der Waals surface area contributed by atoms with Gasteiger partial charge in [0.15, 0.2) is 6.10 Å². The minimum atomic E-state index is -0.761. The van der Waals surface area contributed by atoms with Crippen LogP contribution < -0.4 is 0 Å². The van der Waals surface area contributed by atoms with Crippen molar-refractivity contribution in [2.24, 2.45) is 0 Å². The second kappa shape index (κ2) is 57.0. The predicted octanol–water partition coefficient (Wildman–Crippen LogP) is 20.3. The second-order valence-corrected chi connectivity index (χ2v) is 21.0. The second-order valence-electron chi connectivity index (χ2n) is 21.0. The van der Waals surface area contributed by atoms with Crippen LogP contribution in [0.25, 0.3) is 0 Å². The van der Waals surface area contributed by atoms with Gasteiger partial charge in [-0.2, -0.15) is 0 Å². The number of carbonyl (C=O) groups excluding carboxylic acids is 3. The molecule has 0 aromatic carbocycles. The lowest BCUT2D eigenvalue weighted by Crippen LogP contribution is -2.30. The van der Waals surface area contributed by atoms with E-state index in [9.17, 15) is 14.4 Å². The van der Waals surface area contributed by atoms with E-state index in [1.54, 1.807) is 0 Å². The minimum absolute atomic E-state index is 0.0607. The lowest BCUT2D eigenvalue weighted by Gasteiger charge is -2.18. The van der Waals surface area contributed by atoms with Crippen LogP contribution in [0, 0.1) is 0 Å². The molecule has 6 heteroatoms. The first-order valence-corrected chi connectivity index (χ1v) is 30.5. The summed E-state index contributed by atoms with van der Waals surface area (Å²) in [5.74, 6) is -0.828. The van der Waals surface area contributed by atoms with E-state index in [1.807, 2.05) is 0 Å². The van der Waals surface area contributed by atoms with Gasteiger partial charge in [0.05, 0.1) is 0 Å². The van der Waals surface area contributed by atoms with Gasteiger partial charge < -0.3 is 14.2 Å². The van der Waals surface area contributed by atoms with E-state index in [0.29, 0.717) is 19.3 Å². The Hall–Kier alpha value is -1.59. The van der Waals surface area contributed by atoms with Crippen molar-refractivity contribution in [3.05, 3.63) is 0 Å². The predicted molar refractivity (Wildman–Crippen MR) is 289 cm³/mol. The smallest absolute Gasteiger partial charge is 0.306 e. The molecule has 0 aliphatic heterocycles. The van der Waals surface area contributed by atoms with E-state index < -0.39 is 6.10 Å². The molecule has 398 valence electrons. The molecule has 0 saturated heterocycles. The summed E-state index contributed by atoms with van der Waals surface area (Å²) >= 11 is 0. The van der Waals surface area contributed by atoms with E-state index in [2.05, 4.69) is 20.8 Å². The van der Waals surface area contributed by atoms with Crippen molar-refractivity contribution in [1.82, 2.24) is 0 Å². The van der Waals surface area contributed by atoms with E-state index in [-0.39, 0.29) is 31.1 Å². The first-order chi connectivity index (χ1) is 33.0. The van der Waals surface area contributed by atoms with Gasteiger partial charge in [-0.05, 0) is 19.3 Å². The summed E-state index contributed by atoms with van der Waals surface area (Å²) in [6.45, 7) is 6.72. The Balaban J connectivity index is 4.28. The Labute approximate surface area is 418 Å². The molecule has 0 heterocycles. The molecule has 0 unspecified atom stereocenters. The van der Waals surface area contributed by atoms with Crippen molar-refractivity contribution < 1.29 is 28.6 Å². The number of esters is 3. The molecule has 0 fully saturated rings. The maximum atomic E-state index is 12.9. The molecule has 0 aliphatic rings. The van der Waals surface area contributed by atoms with E-state index in [1.165, 1.54) is 257 Å². The number of ether oxygens (including phenoxy) is 3. The molecule has 0 spiro atoms. The van der Waals surface area contributed by atoms with Crippen LogP contribution in [0.5, 0.6) is 0 Å². The Morgan fingerprint density at radius 1 is 0.239 bits per heavy atom. The third-order valence-corrected chi connectivity index (χ3v) is 14.1. The number of carbonyl (C=O) groups is 3. The third-order valence-electron chi connectivity index (χ3n) is 14.1. The normalized spacial score (nSPS) is 11.9. The van der Waals surface area contributed by atoms with Crippen LogP contribution >= 0.6 is 0 Å². The maximum absolute atomic E-state index is 12.9. The van der Waals surface area contributed by atoms with Gasteiger partial charge in [0.25, 0.3) is 0 Å². The van der Waals surface area contributed by atoms with Crippen LogP contribution in [0.2, 0.25) is 0 Å². The highest BCUT2D eigenvalue weighted by Gasteiger charge is 2.19. The highest BCUT2D eigenvalue weighted by molar-refractivity contribution is 5.71. The van der Waals surface area contributed by atoms with Crippen LogP contribution in [0.4, 0.5) is 0 Å². The molecule has 0 rings (SSSR count). The topological polar surface area (TPSA) is 78.9 Å². The SMILES string of the molecule is CCCCCCCCCCCCCCCCCCCCC(=O)OC[C@H](COC(=O)CCCCCCCCCCCCCCCC)OC(=O)CCCCCCCCCCCCCCCCCCC.